The van der Waals surface area contributed by atoms with E-state index in [-0.39, 0.29) is 5.97 Å². The summed E-state index contributed by atoms with van der Waals surface area (Å²) in [6.45, 7) is 4.34. The molecule has 2 nitrogen and oxygen atoms in total. The molecule has 0 N–H and O–H groups in total. The fraction of sp³-hybridized carbons (Fsp3) is 0.875. The Kier molecular flexibility index (Phi) is 6.42. The van der Waals surface area contributed by atoms with Crippen molar-refractivity contribution in [3.8, 4) is 0 Å². The normalized spacial score (nSPS) is 12.6. The number of hydrogen-bond acceptors (Lipinski definition) is 3. The molecule has 0 saturated heterocycles. The van der Waals surface area contributed by atoms with Crippen LogP contribution in [0, 0.1) is 5.92 Å². The average Bonchev–Trinajstić information content (AvgIpc) is 2.04. The highest BCUT2D eigenvalue weighted by atomic mass is 32.2. The molecular formula is C8H16O2S. The molecule has 0 aromatic heterocycles. The van der Waals surface area contributed by atoms with Gasteiger partial charge in [0.2, 0.25) is 0 Å². The van der Waals surface area contributed by atoms with E-state index >= 15 is 0 Å². The summed E-state index contributed by atoms with van der Waals surface area (Å²) in [6.07, 6.45) is 1.17. The van der Waals surface area contributed by atoms with Gasteiger partial charge in [-0.2, -0.15) is 0 Å². The summed E-state index contributed by atoms with van der Waals surface area (Å²) in [5.74, 6) is 2.11. The van der Waals surface area contributed by atoms with Crippen LogP contribution in [0.2, 0.25) is 0 Å². The fourth-order valence-electron chi connectivity index (χ4n) is 0.520. The standard InChI is InChI=1S/C8H16O2S/c1-4-7(2)5-11-6-8(9)10-3/h7H,4-6H2,1-3H3. The molecule has 0 aliphatic heterocycles. The predicted octanol–water partition coefficient (Wildman–Crippen LogP) is 1.94. The monoisotopic (exact) mass is 176 g/mol. The van der Waals surface area contributed by atoms with Gasteiger partial charge in [-0.1, -0.05) is 20.3 Å². The van der Waals surface area contributed by atoms with Crippen LogP contribution < -0.4 is 0 Å². The zero-order valence-corrected chi connectivity index (χ0v) is 8.24. The zero-order valence-electron chi connectivity index (χ0n) is 7.42. The van der Waals surface area contributed by atoms with Gasteiger partial charge in [-0.25, -0.2) is 0 Å². The van der Waals surface area contributed by atoms with Gasteiger partial charge >= 0.3 is 5.97 Å². The Morgan fingerprint density at radius 3 is 2.73 bits per heavy atom. The number of esters is 1. The second-order valence-electron chi connectivity index (χ2n) is 2.60. The van der Waals surface area contributed by atoms with Crippen molar-refractivity contribution in [3.05, 3.63) is 0 Å². The van der Waals surface area contributed by atoms with Gasteiger partial charge in [0.1, 0.15) is 0 Å². The summed E-state index contributed by atoms with van der Waals surface area (Å²) in [5.41, 5.74) is 0. The highest BCUT2D eigenvalue weighted by Gasteiger charge is 2.02. The molecule has 0 bridgehead atoms. The van der Waals surface area contributed by atoms with Gasteiger partial charge in [-0.05, 0) is 11.7 Å². The second-order valence-corrected chi connectivity index (χ2v) is 3.63. The molecule has 1 unspecified atom stereocenters. The Bertz CT molecular complexity index is 115. The molecule has 0 aliphatic rings. The van der Waals surface area contributed by atoms with E-state index in [0.29, 0.717) is 11.7 Å². The Morgan fingerprint density at radius 2 is 2.27 bits per heavy atom. The van der Waals surface area contributed by atoms with Crippen LogP contribution in [0.4, 0.5) is 0 Å². The van der Waals surface area contributed by atoms with E-state index in [1.165, 1.54) is 13.5 Å². The minimum Gasteiger partial charge on any atom is -0.468 e. The van der Waals surface area contributed by atoms with Crippen molar-refractivity contribution >= 4 is 17.7 Å². The topological polar surface area (TPSA) is 26.3 Å². The van der Waals surface area contributed by atoms with Gasteiger partial charge in [0.15, 0.2) is 0 Å². The largest absolute Gasteiger partial charge is 0.468 e. The molecule has 0 aromatic carbocycles. The molecule has 0 spiro atoms. The molecule has 1 atom stereocenters. The number of carbonyl (C=O) groups is 1. The predicted molar refractivity (Wildman–Crippen MR) is 48.8 cm³/mol. The summed E-state index contributed by atoms with van der Waals surface area (Å²) in [6, 6.07) is 0. The summed E-state index contributed by atoms with van der Waals surface area (Å²) in [4.78, 5) is 10.6. The molecule has 3 heteroatoms. The third-order valence-corrected chi connectivity index (χ3v) is 2.79. The third-order valence-electron chi connectivity index (χ3n) is 1.55. The first-order valence-electron chi connectivity index (χ1n) is 3.85. The maximum absolute atomic E-state index is 10.6. The van der Waals surface area contributed by atoms with Crippen LogP contribution in [0.15, 0.2) is 0 Å². The third kappa shape index (κ3) is 6.23. The smallest absolute Gasteiger partial charge is 0.315 e. The first-order valence-corrected chi connectivity index (χ1v) is 5.00. The van der Waals surface area contributed by atoms with Crippen LogP contribution in [0.25, 0.3) is 0 Å². The SMILES string of the molecule is CCC(C)CSCC(=O)OC. The van der Waals surface area contributed by atoms with E-state index in [2.05, 4.69) is 18.6 Å². The van der Waals surface area contributed by atoms with Crippen LogP contribution in [-0.2, 0) is 9.53 Å². The van der Waals surface area contributed by atoms with Gasteiger partial charge in [0.25, 0.3) is 0 Å². The Labute approximate surface area is 72.7 Å². The fourth-order valence-corrected chi connectivity index (χ4v) is 1.56. The van der Waals surface area contributed by atoms with E-state index in [4.69, 9.17) is 0 Å². The van der Waals surface area contributed by atoms with E-state index in [0.717, 1.165) is 5.75 Å². The van der Waals surface area contributed by atoms with Gasteiger partial charge in [-0.3, -0.25) is 4.79 Å². The summed E-state index contributed by atoms with van der Waals surface area (Å²) < 4.78 is 4.51. The van der Waals surface area contributed by atoms with Crippen molar-refractivity contribution in [2.24, 2.45) is 5.92 Å². The van der Waals surface area contributed by atoms with Gasteiger partial charge in [0.05, 0.1) is 12.9 Å². The lowest BCUT2D eigenvalue weighted by Gasteiger charge is -2.05. The molecule has 66 valence electrons. The molecule has 0 rings (SSSR count). The lowest BCUT2D eigenvalue weighted by Crippen LogP contribution is -2.05. The van der Waals surface area contributed by atoms with E-state index in [9.17, 15) is 4.79 Å². The van der Waals surface area contributed by atoms with Gasteiger partial charge < -0.3 is 4.74 Å². The van der Waals surface area contributed by atoms with E-state index in [1.54, 1.807) is 11.8 Å². The highest BCUT2D eigenvalue weighted by Crippen LogP contribution is 2.10. The molecule has 0 aromatic rings. The summed E-state index contributed by atoms with van der Waals surface area (Å²) in [5, 5.41) is 0. The molecule has 0 radical (unpaired) electrons. The van der Waals surface area contributed by atoms with Crippen LogP contribution >= 0.6 is 11.8 Å². The lowest BCUT2D eigenvalue weighted by molar-refractivity contribution is -0.137. The molecule has 0 saturated carbocycles. The van der Waals surface area contributed by atoms with Crippen molar-refractivity contribution in [3.63, 3.8) is 0 Å². The quantitative estimate of drug-likeness (QED) is 0.599. The van der Waals surface area contributed by atoms with Gasteiger partial charge in [-0.15, -0.1) is 11.8 Å². The Hall–Kier alpha value is -0.180. The molecule has 0 amide bonds. The first-order chi connectivity index (χ1) is 5.20. The van der Waals surface area contributed by atoms with Crippen LogP contribution in [0.3, 0.4) is 0 Å². The van der Waals surface area contributed by atoms with Crippen LogP contribution in [0.5, 0.6) is 0 Å². The maximum atomic E-state index is 10.6. The van der Waals surface area contributed by atoms with E-state index in [1.807, 2.05) is 0 Å². The van der Waals surface area contributed by atoms with Crippen LogP contribution in [0.1, 0.15) is 20.3 Å². The number of thioether (sulfide) groups is 1. The maximum Gasteiger partial charge on any atom is 0.315 e. The van der Waals surface area contributed by atoms with Crippen molar-refractivity contribution in [2.45, 2.75) is 20.3 Å². The van der Waals surface area contributed by atoms with E-state index < -0.39 is 0 Å². The zero-order chi connectivity index (χ0) is 8.69. The van der Waals surface area contributed by atoms with Crippen LogP contribution in [-0.4, -0.2) is 24.6 Å². The molecular weight excluding hydrogens is 160 g/mol. The van der Waals surface area contributed by atoms with Crippen molar-refractivity contribution in [1.82, 2.24) is 0 Å². The average molecular weight is 176 g/mol. The second kappa shape index (κ2) is 6.53. The molecule has 0 heterocycles. The van der Waals surface area contributed by atoms with Gasteiger partial charge in [0, 0.05) is 0 Å². The van der Waals surface area contributed by atoms with Crippen molar-refractivity contribution in [2.75, 3.05) is 18.6 Å². The molecule has 0 aliphatic carbocycles. The number of ether oxygens (including phenoxy) is 1. The number of carbonyl (C=O) groups excluding carboxylic acids is 1. The molecule has 11 heavy (non-hydrogen) atoms. The number of hydrogen-bond donors (Lipinski definition) is 0. The minimum atomic E-state index is -0.127. The van der Waals surface area contributed by atoms with Crippen molar-refractivity contribution in [1.29, 1.82) is 0 Å². The lowest BCUT2D eigenvalue weighted by atomic mass is 10.2. The summed E-state index contributed by atoms with van der Waals surface area (Å²) in [7, 11) is 1.42. The Balaban J connectivity index is 3.20. The van der Waals surface area contributed by atoms with Crippen molar-refractivity contribution < 1.29 is 9.53 Å². The Morgan fingerprint density at radius 1 is 1.64 bits per heavy atom. The minimum absolute atomic E-state index is 0.127. The number of rotatable bonds is 5. The first kappa shape index (κ1) is 10.8. The highest BCUT2D eigenvalue weighted by molar-refractivity contribution is 7.99. The number of methoxy groups -OCH3 is 1. The summed E-state index contributed by atoms with van der Waals surface area (Å²) >= 11 is 1.64. The molecule has 0 fully saturated rings.